The van der Waals surface area contributed by atoms with Gasteiger partial charge in [0.05, 0.1) is 0 Å². The first-order valence-electron chi connectivity index (χ1n) is 5.24. The van der Waals surface area contributed by atoms with Crippen LogP contribution in [0.4, 0.5) is 0 Å². The lowest BCUT2D eigenvalue weighted by Crippen LogP contribution is -2.43. The van der Waals surface area contributed by atoms with Crippen LogP contribution < -0.4 is 5.73 Å². The maximum atomic E-state index is 11.1. The van der Waals surface area contributed by atoms with Crippen LogP contribution in [0, 0.1) is 6.92 Å². The minimum Gasteiger partial charge on any atom is -0.480 e. The third kappa shape index (κ3) is 3.05. The third-order valence-electron chi connectivity index (χ3n) is 2.78. The van der Waals surface area contributed by atoms with E-state index in [9.17, 15) is 4.79 Å². The van der Waals surface area contributed by atoms with Crippen LogP contribution in [0.2, 0.25) is 0 Å². The molecule has 4 heteroatoms. The van der Waals surface area contributed by atoms with Gasteiger partial charge in [0.25, 0.3) is 0 Å². The summed E-state index contributed by atoms with van der Waals surface area (Å²) in [7, 11) is 1.72. The summed E-state index contributed by atoms with van der Waals surface area (Å²) in [5.41, 5.74) is 7.63. The van der Waals surface area contributed by atoms with E-state index in [1.54, 1.807) is 11.9 Å². The highest BCUT2D eigenvalue weighted by atomic mass is 16.4. The molecule has 0 radical (unpaired) electrons. The van der Waals surface area contributed by atoms with Gasteiger partial charge in [-0.1, -0.05) is 24.3 Å². The van der Waals surface area contributed by atoms with Crippen molar-refractivity contribution in [1.29, 1.82) is 0 Å². The quantitative estimate of drug-likeness (QED) is 0.724. The highest BCUT2D eigenvalue weighted by Gasteiger charge is 2.22. The number of carbonyl (C=O) groups is 1. The number of likely N-dealkylation sites (N-methyl/N-ethyl adjacent to an activating group) is 1. The van der Waals surface area contributed by atoms with Crippen LogP contribution in [0.3, 0.4) is 0 Å². The standard InChI is InChI=1S/C12H18N2O2/c1-9-5-3-4-6-10(9)7-11(12(15)16)14(2)8-13/h3-6,11H,7-8,13H2,1-2H3,(H,15,16). The van der Waals surface area contributed by atoms with Crippen molar-refractivity contribution in [3.05, 3.63) is 35.4 Å². The van der Waals surface area contributed by atoms with Gasteiger partial charge in [-0.15, -0.1) is 0 Å². The largest absolute Gasteiger partial charge is 0.480 e. The van der Waals surface area contributed by atoms with Gasteiger partial charge in [0.1, 0.15) is 6.04 Å². The van der Waals surface area contributed by atoms with Crippen LogP contribution in [-0.2, 0) is 11.2 Å². The van der Waals surface area contributed by atoms with Gasteiger partial charge in [-0.25, -0.2) is 0 Å². The van der Waals surface area contributed by atoms with E-state index >= 15 is 0 Å². The molecule has 0 heterocycles. The number of aliphatic carboxylic acids is 1. The molecule has 0 aliphatic rings. The van der Waals surface area contributed by atoms with Crippen molar-refractivity contribution in [1.82, 2.24) is 4.90 Å². The second-order valence-electron chi connectivity index (χ2n) is 3.92. The summed E-state index contributed by atoms with van der Waals surface area (Å²) in [4.78, 5) is 12.8. The summed E-state index contributed by atoms with van der Waals surface area (Å²) in [5, 5.41) is 9.13. The van der Waals surface area contributed by atoms with Gasteiger partial charge >= 0.3 is 5.97 Å². The SMILES string of the molecule is Cc1ccccc1CC(C(=O)O)N(C)CN. The number of carboxylic acids is 1. The first-order chi connectivity index (χ1) is 7.56. The fourth-order valence-corrected chi connectivity index (χ4v) is 1.61. The smallest absolute Gasteiger partial charge is 0.321 e. The lowest BCUT2D eigenvalue weighted by molar-refractivity contribution is -0.142. The number of hydrogen-bond donors (Lipinski definition) is 2. The Balaban J connectivity index is 2.84. The van der Waals surface area contributed by atoms with Crippen LogP contribution in [0.5, 0.6) is 0 Å². The Labute approximate surface area is 95.7 Å². The number of aryl methyl sites for hydroxylation is 1. The Hall–Kier alpha value is -1.39. The third-order valence-corrected chi connectivity index (χ3v) is 2.78. The van der Waals surface area contributed by atoms with Gasteiger partial charge in [0.2, 0.25) is 0 Å². The Morgan fingerprint density at radius 2 is 2.12 bits per heavy atom. The zero-order valence-electron chi connectivity index (χ0n) is 9.68. The van der Waals surface area contributed by atoms with Gasteiger partial charge in [-0.05, 0) is 31.5 Å². The number of carboxylic acid groups (broad SMARTS) is 1. The van der Waals surface area contributed by atoms with Gasteiger partial charge in [-0.2, -0.15) is 0 Å². The first kappa shape index (κ1) is 12.7. The van der Waals surface area contributed by atoms with E-state index in [0.29, 0.717) is 6.42 Å². The maximum Gasteiger partial charge on any atom is 0.321 e. The zero-order chi connectivity index (χ0) is 12.1. The Morgan fingerprint density at radius 3 is 2.62 bits per heavy atom. The van der Waals surface area contributed by atoms with Crippen molar-refractivity contribution in [2.24, 2.45) is 5.73 Å². The molecule has 16 heavy (non-hydrogen) atoms. The normalized spacial score (nSPS) is 12.8. The highest BCUT2D eigenvalue weighted by molar-refractivity contribution is 5.74. The number of nitrogens with zero attached hydrogens (tertiary/aromatic N) is 1. The zero-order valence-corrected chi connectivity index (χ0v) is 9.68. The first-order valence-corrected chi connectivity index (χ1v) is 5.24. The summed E-state index contributed by atoms with van der Waals surface area (Å²) in [6, 6.07) is 7.24. The van der Waals surface area contributed by atoms with E-state index in [1.165, 1.54) is 0 Å². The van der Waals surface area contributed by atoms with Crippen molar-refractivity contribution < 1.29 is 9.90 Å². The second-order valence-corrected chi connectivity index (χ2v) is 3.92. The predicted octanol–water partition coefficient (Wildman–Crippen LogP) is 0.839. The molecule has 88 valence electrons. The predicted molar refractivity (Wildman–Crippen MR) is 63.1 cm³/mol. The molecule has 1 aromatic rings. The lowest BCUT2D eigenvalue weighted by atomic mass is 10.0. The minimum atomic E-state index is -0.837. The van der Waals surface area contributed by atoms with E-state index in [-0.39, 0.29) is 6.67 Å². The van der Waals surface area contributed by atoms with Gasteiger partial charge in [0.15, 0.2) is 0 Å². The topological polar surface area (TPSA) is 66.6 Å². The molecular weight excluding hydrogens is 204 g/mol. The van der Waals surface area contributed by atoms with E-state index in [2.05, 4.69) is 0 Å². The van der Waals surface area contributed by atoms with Crippen molar-refractivity contribution in [2.75, 3.05) is 13.7 Å². The molecule has 0 saturated heterocycles. The van der Waals surface area contributed by atoms with E-state index in [1.807, 2.05) is 31.2 Å². The van der Waals surface area contributed by atoms with E-state index in [0.717, 1.165) is 11.1 Å². The summed E-state index contributed by atoms with van der Waals surface area (Å²) in [6.45, 7) is 2.22. The van der Waals surface area contributed by atoms with E-state index < -0.39 is 12.0 Å². The number of rotatable bonds is 5. The van der Waals surface area contributed by atoms with Crippen molar-refractivity contribution >= 4 is 5.97 Å². The molecule has 1 aromatic carbocycles. The molecule has 0 aliphatic carbocycles. The number of benzene rings is 1. The summed E-state index contributed by atoms with van der Waals surface area (Å²) in [6.07, 6.45) is 0.482. The maximum absolute atomic E-state index is 11.1. The summed E-state index contributed by atoms with van der Waals surface area (Å²) >= 11 is 0. The molecule has 1 rings (SSSR count). The van der Waals surface area contributed by atoms with Crippen molar-refractivity contribution in [3.63, 3.8) is 0 Å². The fourth-order valence-electron chi connectivity index (χ4n) is 1.61. The van der Waals surface area contributed by atoms with Crippen LogP contribution in [0.25, 0.3) is 0 Å². The fraction of sp³-hybridized carbons (Fsp3) is 0.417. The molecule has 0 aromatic heterocycles. The molecule has 3 N–H and O–H groups in total. The van der Waals surface area contributed by atoms with Gasteiger partial charge < -0.3 is 10.8 Å². The molecule has 0 spiro atoms. The average molecular weight is 222 g/mol. The highest BCUT2D eigenvalue weighted by Crippen LogP contribution is 2.12. The Morgan fingerprint density at radius 1 is 1.50 bits per heavy atom. The van der Waals surface area contributed by atoms with Crippen LogP contribution >= 0.6 is 0 Å². The van der Waals surface area contributed by atoms with Crippen LogP contribution in [0.15, 0.2) is 24.3 Å². The molecule has 0 saturated carbocycles. The van der Waals surface area contributed by atoms with Crippen molar-refractivity contribution in [2.45, 2.75) is 19.4 Å². The molecule has 0 bridgehead atoms. The van der Waals surface area contributed by atoms with Crippen LogP contribution in [0.1, 0.15) is 11.1 Å². The Bertz CT molecular complexity index is 366. The number of nitrogens with two attached hydrogens (primary N) is 1. The molecule has 1 unspecified atom stereocenters. The summed E-state index contributed by atoms with van der Waals surface area (Å²) in [5.74, 6) is -0.837. The average Bonchev–Trinajstić information content (AvgIpc) is 2.26. The van der Waals surface area contributed by atoms with Gasteiger partial charge in [0, 0.05) is 6.67 Å². The molecular formula is C12H18N2O2. The second kappa shape index (κ2) is 5.63. The molecule has 1 atom stereocenters. The number of hydrogen-bond acceptors (Lipinski definition) is 3. The monoisotopic (exact) mass is 222 g/mol. The summed E-state index contributed by atoms with van der Waals surface area (Å²) < 4.78 is 0. The molecule has 0 fully saturated rings. The van der Waals surface area contributed by atoms with Gasteiger partial charge in [-0.3, -0.25) is 9.69 Å². The Kier molecular flexibility index (Phi) is 4.46. The molecule has 0 aliphatic heterocycles. The minimum absolute atomic E-state index is 0.239. The van der Waals surface area contributed by atoms with Crippen molar-refractivity contribution in [3.8, 4) is 0 Å². The molecule has 0 amide bonds. The molecule has 4 nitrogen and oxygen atoms in total. The van der Waals surface area contributed by atoms with E-state index in [4.69, 9.17) is 10.8 Å². The lowest BCUT2D eigenvalue weighted by Gasteiger charge is -2.23. The van der Waals surface area contributed by atoms with Crippen LogP contribution in [-0.4, -0.2) is 35.7 Å².